The summed E-state index contributed by atoms with van der Waals surface area (Å²) in [5, 5.41) is 16.9. The standard InChI is InChI=1S/C25H26N4O4S2/c1-25(2,3)21-14-19(23(30)29-10-12-35(32,33)13-11-29)22(34-21)28-24(31)27-20-9-8-16(15-26)17-6-4-5-7-18(17)20/h4-9,14H,10-13H2,1-3H3,(H2,27,28,31). The van der Waals surface area contributed by atoms with Crippen LogP contribution in [0.4, 0.5) is 15.5 Å². The molecule has 4 rings (SSSR count). The molecule has 1 aliphatic heterocycles. The summed E-state index contributed by atoms with van der Waals surface area (Å²) in [5.41, 5.74) is 1.15. The predicted molar refractivity (Wildman–Crippen MR) is 139 cm³/mol. The number of carbonyl (C=O) groups excluding carboxylic acids is 2. The van der Waals surface area contributed by atoms with Crippen LogP contribution in [0.25, 0.3) is 10.8 Å². The molecule has 0 unspecified atom stereocenters. The zero-order valence-electron chi connectivity index (χ0n) is 19.7. The first-order chi connectivity index (χ1) is 16.5. The van der Waals surface area contributed by atoms with Crippen LogP contribution in [0.15, 0.2) is 42.5 Å². The zero-order valence-corrected chi connectivity index (χ0v) is 21.3. The molecule has 1 fully saturated rings. The van der Waals surface area contributed by atoms with E-state index in [9.17, 15) is 23.3 Å². The van der Waals surface area contributed by atoms with E-state index in [2.05, 4.69) is 16.7 Å². The molecule has 0 bridgehead atoms. The van der Waals surface area contributed by atoms with Crippen molar-refractivity contribution in [1.29, 1.82) is 5.26 Å². The Hall–Kier alpha value is -3.42. The molecule has 0 radical (unpaired) electrons. The van der Waals surface area contributed by atoms with Crippen molar-refractivity contribution in [1.82, 2.24) is 4.90 Å². The Bertz CT molecular complexity index is 1450. The van der Waals surface area contributed by atoms with Gasteiger partial charge < -0.3 is 10.2 Å². The minimum atomic E-state index is -3.13. The van der Waals surface area contributed by atoms with Crippen molar-refractivity contribution in [2.45, 2.75) is 26.2 Å². The van der Waals surface area contributed by atoms with Gasteiger partial charge in [-0.25, -0.2) is 13.2 Å². The second kappa shape index (κ2) is 9.32. The fourth-order valence-corrected chi connectivity index (χ4v) is 6.16. The molecule has 1 aromatic heterocycles. The predicted octanol–water partition coefficient (Wildman–Crippen LogP) is 4.59. The van der Waals surface area contributed by atoms with Crippen LogP contribution in [0.5, 0.6) is 0 Å². The van der Waals surface area contributed by atoms with E-state index in [4.69, 9.17) is 0 Å². The maximum absolute atomic E-state index is 13.3. The van der Waals surface area contributed by atoms with E-state index in [1.807, 2.05) is 45.0 Å². The number of amides is 3. The summed E-state index contributed by atoms with van der Waals surface area (Å²) in [6.07, 6.45) is 0. The Morgan fingerprint density at radius 3 is 2.31 bits per heavy atom. The number of nitrogens with one attached hydrogen (secondary N) is 2. The number of nitrogens with zero attached hydrogens (tertiary/aromatic N) is 2. The molecule has 1 saturated heterocycles. The number of nitriles is 1. The highest BCUT2D eigenvalue weighted by Crippen LogP contribution is 2.37. The average molecular weight is 511 g/mol. The van der Waals surface area contributed by atoms with Crippen molar-refractivity contribution in [2.24, 2.45) is 0 Å². The molecule has 0 saturated carbocycles. The van der Waals surface area contributed by atoms with Gasteiger partial charge in [0.05, 0.1) is 34.4 Å². The Morgan fingerprint density at radius 2 is 1.69 bits per heavy atom. The van der Waals surface area contributed by atoms with Gasteiger partial charge in [-0.2, -0.15) is 5.26 Å². The second-order valence-corrected chi connectivity index (χ2v) is 12.8. The van der Waals surface area contributed by atoms with Gasteiger partial charge in [0, 0.05) is 28.7 Å². The first-order valence-corrected chi connectivity index (χ1v) is 13.8. The fraction of sp³-hybridized carbons (Fsp3) is 0.320. The minimum Gasteiger partial charge on any atom is -0.337 e. The topological polar surface area (TPSA) is 119 Å². The van der Waals surface area contributed by atoms with E-state index < -0.39 is 15.9 Å². The molecule has 182 valence electrons. The number of benzene rings is 2. The Labute approximate surface area is 208 Å². The van der Waals surface area contributed by atoms with Gasteiger partial charge in [-0.1, -0.05) is 45.0 Å². The first-order valence-electron chi connectivity index (χ1n) is 11.1. The molecule has 2 heterocycles. The summed E-state index contributed by atoms with van der Waals surface area (Å²) in [4.78, 5) is 28.7. The van der Waals surface area contributed by atoms with Crippen LogP contribution in [0, 0.1) is 11.3 Å². The Balaban J connectivity index is 1.61. The number of rotatable bonds is 3. The molecule has 3 amide bonds. The lowest BCUT2D eigenvalue weighted by Gasteiger charge is -2.26. The molecule has 2 N–H and O–H groups in total. The molecule has 35 heavy (non-hydrogen) atoms. The maximum atomic E-state index is 13.3. The number of hydrogen-bond donors (Lipinski definition) is 2. The Kier molecular flexibility index (Phi) is 6.58. The van der Waals surface area contributed by atoms with E-state index in [1.54, 1.807) is 18.2 Å². The highest BCUT2D eigenvalue weighted by Gasteiger charge is 2.30. The summed E-state index contributed by atoms with van der Waals surface area (Å²) in [5.74, 6) is -0.431. The lowest BCUT2D eigenvalue weighted by atomic mass is 9.94. The first kappa shape index (κ1) is 24.7. The van der Waals surface area contributed by atoms with E-state index >= 15 is 0 Å². The van der Waals surface area contributed by atoms with Crippen molar-refractivity contribution in [2.75, 3.05) is 35.2 Å². The van der Waals surface area contributed by atoms with Crippen LogP contribution in [-0.4, -0.2) is 49.9 Å². The number of thiophene rings is 1. The number of sulfone groups is 1. The van der Waals surface area contributed by atoms with Crippen molar-refractivity contribution < 1.29 is 18.0 Å². The molecular weight excluding hydrogens is 484 g/mol. The molecule has 8 nitrogen and oxygen atoms in total. The third-order valence-corrected chi connectivity index (χ3v) is 8.94. The van der Waals surface area contributed by atoms with Gasteiger partial charge in [-0.15, -0.1) is 11.3 Å². The third kappa shape index (κ3) is 5.31. The smallest absolute Gasteiger partial charge is 0.324 e. The van der Waals surface area contributed by atoms with Gasteiger partial charge in [0.15, 0.2) is 9.84 Å². The van der Waals surface area contributed by atoms with Gasteiger partial charge >= 0.3 is 6.03 Å². The van der Waals surface area contributed by atoms with Gasteiger partial charge in [0.2, 0.25) is 0 Å². The number of anilines is 2. The molecule has 0 aliphatic carbocycles. The molecule has 10 heteroatoms. The number of urea groups is 1. The molecule has 0 atom stereocenters. The van der Waals surface area contributed by atoms with Gasteiger partial charge in [0.25, 0.3) is 5.91 Å². The van der Waals surface area contributed by atoms with Crippen LogP contribution in [-0.2, 0) is 15.3 Å². The normalized spacial score (nSPS) is 15.4. The van der Waals surface area contributed by atoms with Crippen molar-refractivity contribution in [3.8, 4) is 6.07 Å². The van der Waals surface area contributed by atoms with Crippen LogP contribution in [0.2, 0.25) is 0 Å². The summed E-state index contributed by atoms with van der Waals surface area (Å²) < 4.78 is 23.6. The average Bonchev–Trinajstić information content (AvgIpc) is 3.23. The van der Waals surface area contributed by atoms with Gasteiger partial charge in [-0.05, 0) is 23.6 Å². The molecule has 2 aromatic carbocycles. The SMILES string of the molecule is CC(C)(C)c1cc(C(=O)N2CCS(=O)(=O)CC2)c(NC(=O)Nc2ccc(C#N)c3ccccc23)s1. The molecule has 1 aliphatic rings. The molecule has 0 spiro atoms. The summed E-state index contributed by atoms with van der Waals surface area (Å²) in [6.45, 7) is 6.32. The third-order valence-electron chi connectivity index (χ3n) is 5.85. The van der Waals surface area contributed by atoms with E-state index in [0.717, 1.165) is 15.6 Å². The van der Waals surface area contributed by atoms with E-state index in [-0.39, 0.29) is 35.9 Å². The second-order valence-electron chi connectivity index (χ2n) is 9.44. The van der Waals surface area contributed by atoms with Gasteiger partial charge in [-0.3, -0.25) is 10.1 Å². The summed E-state index contributed by atoms with van der Waals surface area (Å²) in [7, 11) is -3.13. The highest BCUT2D eigenvalue weighted by atomic mass is 32.2. The Morgan fingerprint density at radius 1 is 1.03 bits per heavy atom. The number of fused-ring (bicyclic) bond motifs is 1. The van der Waals surface area contributed by atoms with Crippen LogP contribution in [0.3, 0.4) is 0 Å². The monoisotopic (exact) mass is 510 g/mol. The lowest BCUT2D eigenvalue weighted by Crippen LogP contribution is -2.43. The van der Waals surface area contributed by atoms with Crippen LogP contribution < -0.4 is 10.6 Å². The van der Waals surface area contributed by atoms with Crippen LogP contribution in [0.1, 0.15) is 41.6 Å². The van der Waals surface area contributed by atoms with E-state index in [0.29, 0.717) is 21.8 Å². The number of hydrogen-bond acceptors (Lipinski definition) is 6. The van der Waals surface area contributed by atoms with Crippen molar-refractivity contribution in [3.63, 3.8) is 0 Å². The highest BCUT2D eigenvalue weighted by molar-refractivity contribution is 7.91. The largest absolute Gasteiger partial charge is 0.337 e. The van der Waals surface area contributed by atoms with Crippen molar-refractivity contribution in [3.05, 3.63) is 58.5 Å². The molecule has 3 aromatic rings. The summed E-state index contributed by atoms with van der Waals surface area (Å²) in [6, 6.07) is 14.1. The molecular formula is C25H26N4O4S2. The maximum Gasteiger partial charge on any atom is 0.324 e. The minimum absolute atomic E-state index is 0.0655. The lowest BCUT2D eigenvalue weighted by molar-refractivity contribution is 0.0771. The van der Waals surface area contributed by atoms with Crippen molar-refractivity contribution >= 4 is 54.6 Å². The quantitative estimate of drug-likeness (QED) is 0.534. The van der Waals surface area contributed by atoms with Gasteiger partial charge in [0.1, 0.15) is 5.00 Å². The number of carbonyl (C=O) groups is 2. The zero-order chi connectivity index (χ0) is 25.4. The van der Waals surface area contributed by atoms with Crippen LogP contribution >= 0.6 is 11.3 Å². The summed E-state index contributed by atoms with van der Waals surface area (Å²) >= 11 is 1.33. The van der Waals surface area contributed by atoms with E-state index in [1.165, 1.54) is 16.2 Å². The fourth-order valence-electron chi connectivity index (χ4n) is 3.86.